The monoisotopic (exact) mass is 424 g/mol. The van der Waals surface area contributed by atoms with Crippen LogP contribution in [0.3, 0.4) is 0 Å². The van der Waals surface area contributed by atoms with Gasteiger partial charge in [-0.05, 0) is 66.8 Å². The third-order valence-corrected chi connectivity index (χ3v) is 7.75. The highest BCUT2D eigenvalue weighted by Gasteiger charge is 2.41. The molecule has 2 amide bonds. The molecule has 1 aromatic heterocycles. The summed E-state index contributed by atoms with van der Waals surface area (Å²) in [5.74, 6) is 1.21. The number of ether oxygens (including phenoxy) is 1. The molecule has 1 aromatic carbocycles. The molecule has 2 aromatic rings. The maximum atomic E-state index is 13.5. The fourth-order valence-corrected chi connectivity index (χ4v) is 5.53. The first-order valence-corrected chi connectivity index (χ1v) is 11.8. The molecule has 0 bridgehead atoms. The molecule has 1 aliphatic heterocycles. The lowest BCUT2D eigenvalue weighted by Crippen LogP contribution is -2.49. The van der Waals surface area contributed by atoms with Gasteiger partial charge >= 0.3 is 0 Å². The lowest BCUT2D eigenvalue weighted by atomic mass is 9.84. The van der Waals surface area contributed by atoms with Crippen LogP contribution in [0.5, 0.6) is 5.75 Å². The van der Waals surface area contributed by atoms with Crippen LogP contribution in [0.25, 0.3) is 0 Å². The summed E-state index contributed by atoms with van der Waals surface area (Å²) in [6, 6.07) is 10.3. The number of fused-ring (bicyclic) bond motifs is 1. The van der Waals surface area contributed by atoms with Crippen LogP contribution in [-0.2, 0) is 16.0 Å². The molecule has 1 atom stereocenters. The first-order valence-electron chi connectivity index (χ1n) is 11.0. The second-order valence-corrected chi connectivity index (χ2v) is 9.64. The van der Waals surface area contributed by atoms with Crippen molar-refractivity contribution in [1.29, 1.82) is 0 Å². The summed E-state index contributed by atoms with van der Waals surface area (Å²) in [5, 5.41) is 2.12. The molecular formula is C24H28N2O3S. The maximum Gasteiger partial charge on any atom is 0.243 e. The fourth-order valence-electron chi connectivity index (χ4n) is 4.63. The Morgan fingerprint density at radius 1 is 1.13 bits per heavy atom. The number of thiophene rings is 1. The zero-order valence-electron chi connectivity index (χ0n) is 17.4. The molecule has 0 spiro atoms. The number of rotatable bonds is 6. The summed E-state index contributed by atoms with van der Waals surface area (Å²) in [7, 11) is 1.66. The van der Waals surface area contributed by atoms with Gasteiger partial charge in [-0.25, -0.2) is 0 Å². The van der Waals surface area contributed by atoms with Gasteiger partial charge in [0.2, 0.25) is 11.8 Å². The molecule has 2 aliphatic carbocycles. The fraction of sp³-hybridized carbons (Fsp3) is 0.500. The van der Waals surface area contributed by atoms with E-state index in [1.54, 1.807) is 18.4 Å². The topological polar surface area (TPSA) is 49.9 Å². The number of amides is 2. The summed E-state index contributed by atoms with van der Waals surface area (Å²) in [5.41, 5.74) is 2.31. The van der Waals surface area contributed by atoms with Gasteiger partial charge in [-0.3, -0.25) is 9.59 Å². The van der Waals surface area contributed by atoms with E-state index >= 15 is 0 Å². The number of carbonyl (C=O) groups is 2. The van der Waals surface area contributed by atoms with E-state index in [9.17, 15) is 9.59 Å². The Labute approximate surface area is 181 Å². The van der Waals surface area contributed by atoms with Gasteiger partial charge in [0.15, 0.2) is 0 Å². The number of methoxy groups -OCH3 is 1. The molecule has 3 aliphatic rings. The Hall–Kier alpha value is -2.34. The minimum atomic E-state index is -0.0988. The SMILES string of the molecule is COc1ccc(C2c3ccsc3CCN2C(=O)CN(C(=O)C2CCC2)C2CC2)cc1. The zero-order chi connectivity index (χ0) is 20.7. The molecule has 158 valence electrons. The zero-order valence-corrected chi connectivity index (χ0v) is 18.2. The first kappa shape index (κ1) is 19.6. The predicted molar refractivity (Wildman–Crippen MR) is 117 cm³/mol. The van der Waals surface area contributed by atoms with Crippen molar-refractivity contribution in [2.75, 3.05) is 20.2 Å². The summed E-state index contributed by atoms with van der Waals surface area (Å²) >= 11 is 1.77. The number of nitrogens with zero attached hydrogens (tertiary/aromatic N) is 2. The van der Waals surface area contributed by atoms with Gasteiger partial charge in [0, 0.05) is 23.4 Å². The van der Waals surface area contributed by atoms with E-state index in [1.807, 2.05) is 21.9 Å². The highest BCUT2D eigenvalue weighted by atomic mass is 32.1. The molecule has 2 heterocycles. The third kappa shape index (κ3) is 3.62. The van der Waals surface area contributed by atoms with E-state index in [0.29, 0.717) is 6.54 Å². The van der Waals surface area contributed by atoms with Gasteiger partial charge in [-0.15, -0.1) is 11.3 Å². The second kappa shape index (κ2) is 8.06. The van der Waals surface area contributed by atoms with Gasteiger partial charge < -0.3 is 14.5 Å². The van der Waals surface area contributed by atoms with Crippen LogP contribution in [0.2, 0.25) is 0 Å². The quantitative estimate of drug-likeness (QED) is 0.704. The van der Waals surface area contributed by atoms with E-state index in [4.69, 9.17) is 4.74 Å². The van der Waals surface area contributed by atoms with Crippen LogP contribution in [0.1, 0.15) is 54.1 Å². The summed E-state index contributed by atoms with van der Waals surface area (Å²) in [6.45, 7) is 0.908. The minimum Gasteiger partial charge on any atom is -0.497 e. The van der Waals surface area contributed by atoms with Gasteiger partial charge in [0.05, 0.1) is 13.2 Å². The molecule has 6 heteroatoms. The van der Waals surface area contributed by atoms with Gasteiger partial charge in [-0.1, -0.05) is 18.6 Å². The molecule has 0 N–H and O–H groups in total. The van der Waals surface area contributed by atoms with E-state index in [1.165, 1.54) is 10.4 Å². The van der Waals surface area contributed by atoms with E-state index in [-0.39, 0.29) is 36.4 Å². The normalized spacial score (nSPS) is 21.0. The molecule has 2 saturated carbocycles. The number of carbonyl (C=O) groups excluding carboxylic acids is 2. The minimum absolute atomic E-state index is 0.0623. The maximum absolute atomic E-state index is 13.5. The average molecular weight is 425 g/mol. The Balaban J connectivity index is 1.40. The average Bonchev–Trinajstić information content (AvgIpc) is 3.45. The third-order valence-electron chi connectivity index (χ3n) is 6.75. The predicted octanol–water partition coefficient (Wildman–Crippen LogP) is 4.02. The van der Waals surface area contributed by atoms with Crippen molar-refractivity contribution in [1.82, 2.24) is 9.80 Å². The van der Waals surface area contributed by atoms with Crippen molar-refractivity contribution >= 4 is 23.2 Å². The molecule has 0 saturated heterocycles. The van der Waals surface area contributed by atoms with Crippen molar-refractivity contribution in [3.63, 3.8) is 0 Å². The van der Waals surface area contributed by atoms with Crippen LogP contribution in [0, 0.1) is 5.92 Å². The van der Waals surface area contributed by atoms with Crippen LogP contribution in [0.4, 0.5) is 0 Å². The first-order chi connectivity index (χ1) is 14.7. The standard InChI is InChI=1S/C24H28N2O3S/c1-29-19-9-5-16(6-10-19)23-20-12-14-30-21(20)11-13-25(23)22(27)15-26(18-7-8-18)24(28)17-3-2-4-17/h5-6,9-10,12,14,17-18,23H,2-4,7-8,11,13,15H2,1H3. The Kier molecular flexibility index (Phi) is 5.27. The van der Waals surface area contributed by atoms with Crippen molar-refractivity contribution in [3.05, 3.63) is 51.7 Å². The van der Waals surface area contributed by atoms with Crippen LogP contribution >= 0.6 is 11.3 Å². The van der Waals surface area contributed by atoms with Gasteiger partial charge in [0.25, 0.3) is 0 Å². The summed E-state index contributed by atoms with van der Waals surface area (Å²) in [4.78, 5) is 31.7. The highest BCUT2D eigenvalue weighted by Crippen LogP contribution is 2.39. The van der Waals surface area contributed by atoms with Gasteiger partial charge in [-0.2, -0.15) is 0 Å². The Bertz CT molecular complexity index is 930. The van der Waals surface area contributed by atoms with Crippen molar-refractivity contribution < 1.29 is 14.3 Å². The van der Waals surface area contributed by atoms with Crippen molar-refractivity contribution in [2.45, 2.75) is 50.6 Å². The lowest BCUT2D eigenvalue weighted by Gasteiger charge is -2.38. The lowest BCUT2D eigenvalue weighted by molar-refractivity contribution is -0.146. The van der Waals surface area contributed by atoms with Crippen molar-refractivity contribution in [3.8, 4) is 5.75 Å². The van der Waals surface area contributed by atoms with Crippen LogP contribution in [0.15, 0.2) is 35.7 Å². The summed E-state index contributed by atoms with van der Waals surface area (Å²) < 4.78 is 5.31. The molecule has 2 fully saturated rings. The van der Waals surface area contributed by atoms with Crippen LogP contribution < -0.4 is 4.74 Å². The molecule has 1 unspecified atom stereocenters. The Morgan fingerprint density at radius 3 is 2.53 bits per heavy atom. The summed E-state index contributed by atoms with van der Waals surface area (Å²) in [6.07, 6.45) is 6.03. The van der Waals surface area contributed by atoms with Crippen LogP contribution in [-0.4, -0.2) is 47.9 Å². The van der Waals surface area contributed by atoms with Crippen molar-refractivity contribution in [2.24, 2.45) is 5.92 Å². The molecule has 5 nitrogen and oxygen atoms in total. The largest absolute Gasteiger partial charge is 0.497 e. The molecule has 5 rings (SSSR count). The van der Waals surface area contributed by atoms with E-state index in [0.717, 1.165) is 49.8 Å². The highest BCUT2D eigenvalue weighted by molar-refractivity contribution is 7.10. The number of hydrogen-bond acceptors (Lipinski definition) is 4. The second-order valence-electron chi connectivity index (χ2n) is 8.64. The Morgan fingerprint density at radius 2 is 1.90 bits per heavy atom. The smallest absolute Gasteiger partial charge is 0.243 e. The number of benzene rings is 1. The molecule has 0 radical (unpaired) electrons. The molecule has 30 heavy (non-hydrogen) atoms. The van der Waals surface area contributed by atoms with E-state index in [2.05, 4.69) is 23.6 Å². The van der Waals surface area contributed by atoms with Gasteiger partial charge in [0.1, 0.15) is 12.3 Å². The molecular weight excluding hydrogens is 396 g/mol. The number of hydrogen-bond donors (Lipinski definition) is 0. The van der Waals surface area contributed by atoms with E-state index < -0.39 is 0 Å².